The molecule has 0 radical (unpaired) electrons. The van der Waals surface area contributed by atoms with Gasteiger partial charge in [0.2, 0.25) is 0 Å². The molecule has 1 aromatic heterocycles. The molecule has 0 aliphatic carbocycles. The molecule has 3 nitrogen and oxygen atoms in total. The van der Waals surface area contributed by atoms with Crippen molar-refractivity contribution in [1.82, 2.24) is 4.98 Å². The van der Waals surface area contributed by atoms with Crippen LogP contribution in [0.2, 0.25) is 0 Å². The van der Waals surface area contributed by atoms with E-state index < -0.39 is 0 Å². The third-order valence-electron chi connectivity index (χ3n) is 3.02. The monoisotopic (exact) mass is 252 g/mol. The summed E-state index contributed by atoms with van der Waals surface area (Å²) in [5, 5.41) is 1.05. The number of rotatable bonds is 3. The summed E-state index contributed by atoms with van der Waals surface area (Å²) in [6.07, 6.45) is -0.346. The molecule has 0 amide bonds. The molecule has 3 N–H and O–H groups in total. The summed E-state index contributed by atoms with van der Waals surface area (Å²) in [6.45, 7) is 1.83. The lowest BCUT2D eigenvalue weighted by atomic mass is 10.1. The zero-order valence-corrected chi connectivity index (χ0v) is 10.8. The van der Waals surface area contributed by atoms with Crippen molar-refractivity contribution in [3.05, 3.63) is 54.6 Å². The lowest BCUT2D eigenvalue weighted by Crippen LogP contribution is -2.22. The summed E-state index contributed by atoms with van der Waals surface area (Å²) in [6, 6.07) is 18.2. The van der Waals surface area contributed by atoms with Gasteiger partial charge in [0.05, 0.1) is 5.69 Å². The van der Waals surface area contributed by atoms with Crippen molar-refractivity contribution in [2.24, 2.45) is 5.73 Å². The van der Waals surface area contributed by atoms with E-state index >= 15 is 0 Å². The van der Waals surface area contributed by atoms with Crippen LogP contribution in [0.1, 0.15) is 6.92 Å². The second kappa shape index (κ2) is 4.78. The molecule has 0 saturated heterocycles. The highest BCUT2D eigenvalue weighted by Crippen LogP contribution is 2.37. The minimum Gasteiger partial charge on any atom is -0.473 e. The number of aromatic amines is 1. The Morgan fingerprint density at radius 3 is 2.42 bits per heavy atom. The van der Waals surface area contributed by atoms with E-state index in [-0.39, 0.29) is 6.23 Å². The molecule has 3 heteroatoms. The van der Waals surface area contributed by atoms with Crippen molar-refractivity contribution in [2.45, 2.75) is 13.2 Å². The number of H-pyrrole nitrogens is 1. The zero-order valence-electron chi connectivity index (χ0n) is 10.8. The lowest BCUT2D eigenvalue weighted by Gasteiger charge is -2.11. The number of nitrogens with one attached hydrogen (secondary N) is 1. The van der Waals surface area contributed by atoms with Crippen LogP contribution in [0, 0.1) is 0 Å². The van der Waals surface area contributed by atoms with E-state index in [0.717, 1.165) is 27.9 Å². The van der Waals surface area contributed by atoms with E-state index in [1.807, 2.05) is 49.4 Å². The van der Waals surface area contributed by atoms with E-state index in [1.165, 1.54) is 0 Å². The van der Waals surface area contributed by atoms with Gasteiger partial charge in [0.15, 0.2) is 5.75 Å². The Bertz CT molecular complexity index is 686. The first-order chi connectivity index (χ1) is 9.25. The molecular weight excluding hydrogens is 236 g/mol. The van der Waals surface area contributed by atoms with E-state index in [4.69, 9.17) is 10.5 Å². The molecule has 1 unspecified atom stereocenters. The largest absolute Gasteiger partial charge is 0.473 e. The van der Waals surface area contributed by atoms with Crippen LogP contribution in [0.5, 0.6) is 5.75 Å². The Hall–Kier alpha value is -2.26. The molecule has 3 rings (SSSR count). The van der Waals surface area contributed by atoms with Gasteiger partial charge in [-0.1, -0.05) is 42.5 Å². The maximum Gasteiger partial charge on any atom is 0.155 e. The van der Waals surface area contributed by atoms with Crippen molar-refractivity contribution in [3.8, 4) is 17.0 Å². The van der Waals surface area contributed by atoms with Gasteiger partial charge in [-0.25, -0.2) is 0 Å². The van der Waals surface area contributed by atoms with Gasteiger partial charge >= 0.3 is 0 Å². The number of nitrogens with two attached hydrogens (primary N) is 1. The van der Waals surface area contributed by atoms with E-state index in [1.54, 1.807) is 0 Å². The molecular formula is C16H16N2O. The summed E-state index contributed by atoms with van der Waals surface area (Å²) in [5.41, 5.74) is 8.90. The average molecular weight is 252 g/mol. The van der Waals surface area contributed by atoms with E-state index in [0.29, 0.717) is 0 Å². The van der Waals surface area contributed by atoms with Gasteiger partial charge in [-0.2, -0.15) is 0 Å². The highest BCUT2D eigenvalue weighted by atomic mass is 16.5. The van der Waals surface area contributed by atoms with E-state index in [2.05, 4.69) is 17.1 Å². The van der Waals surface area contributed by atoms with Gasteiger partial charge in [0.1, 0.15) is 6.23 Å². The second-order valence-electron chi connectivity index (χ2n) is 4.56. The topological polar surface area (TPSA) is 51.0 Å². The van der Waals surface area contributed by atoms with Gasteiger partial charge in [0.25, 0.3) is 0 Å². The van der Waals surface area contributed by atoms with Gasteiger partial charge in [0, 0.05) is 16.5 Å². The molecule has 3 aromatic rings. The van der Waals surface area contributed by atoms with E-state index in [9.17, 15) is 0 Å². The number of aromatic nitrogens is 1. The minimum absolute atomic E-state index is 0.346. The molecule has 0 bridgehead atoms. The molecule has 0 aliphatic heterocycles. The quantitative estimate of drug-likeness (QED) is 0.701. The molecule has 19 heavy (non-hydrogen) atoms. The van der Waals surface area contributed by atoms with Crippen LogP contribution in [-0.4, -0.2) is 11.2 Å². The molecule has 0 fully saturated rings. The fourth-order valence-corrected chi connectivity index (χ4v) is 2.23. The first-order valence-electron chi connectivity index (χ1n) is 6.34. The predicted octanol–water partition coefficient (Wildman–Crippen LogP) is 3.52. The fourth-order valence-electron chi connectivity index (χ4n) is 2.23. The maximum absolute atomic E-state index is 5.80. The first-order valence-corrected chi connectivity index (χ1v) is 6.34. The van der Waals surface area contributed by atoms with Gasteiger partial charge in [-0.05, 0) is 19.1 Å². The van der Waals surface area contributed by atoms with Crippen LogP contribution in [0.3, 0.4) is 0 Å². The number of benzene rings is 2. The maximum atomic E-state index is 5.80. The van der Waals surface area contributed by atoms with Gasteiger partial charge in [-0.15, -0.1) is 0 Å². The van der Waals surface area contributed by atoms with Gasteiger partial charge < -0.3 is 9.72 Å². The van der Waals surface area contributed by atoms with Crippen LogP contribution in [0.15, 0.2) is 54.6 Å². The van der Waals surface area contributed by atoms with Crippen LogP contribution < -0.4 is 10.5 Å². The summed E-state index contributed by atoms with van der Waals surface area (Å²) in [4.78, 5) is 3.41. The van der Waals surface area contributed by atoms with Crippen LogP contribution >= 0.6 is 0 Å². The SMILES string of the molecule is CC(N)Oc1c(-c2ccccc2)[nH]c2ccccc12. The number of hydrogen-bond donors (Lipinski definition) is 2. The smallest absolute Gasteiger partial charge is 0.155 e. The molecule has 2 aromatic carbocycles. The summed E-state index contributed by atoms with van der Waals surface area (Å²) >= 11 is 0. The molecule has 0 saturated carbocycles. The Labute approximate surface area is 112 Å². The number of ether oxygens (including phenoxy) is 1. The fraction of sp³-hybridized carbons (Fsp3) is 0.125. The molecule has 1 atom stereocenters. The average Bonchev–Trinajstić information content (AvgIpc) is 2.78. The Morgan fingerprint density at radius 2 is 1.68 bits per heavy atom. The van der Waals surface area contributed by atoms with Crippen molar-refractivity contribution in [3.63, 3.8) is 0 Å². The summed E-state index contributed by atoms with van der Waals surface area (Å²) in [7, 11) is 0. The van der Waals surface area contributed by atoms with Crippen LogP contribution in [-0.2, 0) is 0 Å². The van der Waals surface area contributed by atoms with Crippen molar-refractivity contribution in [2.75, 3.05) is 0 Å². The summed E-state index contributed by atoms with van der Waals surface area (Å²) < 4.78 is 5.80. The van der Waals surface area contributed by atoms with Crippen molar-refractivity contribution < 1.29 is 4.74 Å². The standard InChI is InChI=1S/C16H16N2O/c1-11(17)19-16-13-9-5-6-10-14(13)18-15(16)12-7-3-2-4-8-12/h2-11,18H,17H2,1H3. The number of hydrogen-bond acceptors (Lipinski definition) is 2. The number of para-hydroxylation sites is 1. The molecule has 1 heterocycles. The van der Waals surface area contributed by atoms with Crippen molar-refractivity contribution >= 4 is 10.9 Å². The zero-order chi connectivity index (χ0) is 13.2. The first kappa shape index (κ1) is 11.8. The Morgan fingerprint density at radius 1 is 1.00 bits per heavy atom. The molecule has 0 spiro atoms. The van der Waals surface area contributed by atoms with Gasteiger partial charge in [-0.3, -0.25) is 5.73 Å². The third-order valence-corrected chi connectivity index (χ3v) is 3.02. The predicted molar refractivity (Wildman–Crippen MR) is 78.0 cm³/mol. The third kappa shape index (κ3) is 2.20. The molecule has 96 valence electrons. The normalized spacial score (nSPS) is 12.5. The highest BCUT2D eigenvalue weighted by molar-refractivity contribution is 5.94. The second-order valence-corrected chi connectivity index (χ2v) is 4.56. The molecule has 0 aliphatic rings. The highest BCUT2D eigenvalue weighted by Gasteiger charge is 2.15. The Balaban J connectivity index is 2.23. The van der Waals surface area contributed by atoms with Crippen LogP contribution in [0.4, 0.5) is 0 Å². The lowest BCUT2D eigenvalue weighted by molar-refractivity contribution is 0.234. The number of fused-ring (bicyclic) bond motifs is 1. The van der Waals surface area contributed by atoms with Crippen molar-refractivity contribution in [1.29, 1.82) is 0 Å². The Kier molecular flexibility index (Phi) is 2.97. The summed E-state index contributed by atoms with van der Waals surface area (Å²) in [5.74, 6) is 0.816. The minimum atomic E-state index is -0.346. The van der Waals surface area contributed by atoms with Crippen LogP contribution in [0.25, 0.3) is 22.2 Å².